The number of imidazole rings is 1. The van der Waals surface area contributed by atoms with Crippen LogP contribution in [0.4, 0.5) is 0 Å². The molecule has 5 rings (SSSR count). The predicted octanol–water partition coefficient (Wildman–Crippen LogP) is 3.77. The summed E-state index contributed by atoms with van der Waals surface area (Å²) in [4.78, 5) is 21.8. The maximum absolute atomic E-state index is 13.2. The monoisotopic (exact) mass is 423 g/mol. The number of amides is 1. The van der Waals surface area contributed by atoms with Gasteiger partial charge in [0, 0.05) is 18.1 Å². The summed E-state index contributed by atoms with van der Waals surface area (Å²) in [6.45, 7) is 1.92. The van der Waals surface area contributed by atoms with Crippen LogP contribution in [0, 0.1) is 0 Å². The number of carbonyl (C=O) groups is 1. The van der Waals surface area contributed by atoms with Gasteiger partial charge in [0.1, 0.15) is 5.56 Å². The zero-order valence-corrected chi connectivity index (χ0v) is 17.3. The van der Waals surface area contributed by atoms with Gasteiger partial charge in [-0.25, -0.2) is 20.3 Å². The largest absolute Gasteiger partial charge is 0.301 e. The van der Waals surface area contributed by atoms with Crippen LogP contribution in [0.15, 0.2) is 43.2 Å². The molecular formula is C21H22ClN7O. The first-order valence-corrected chi connectivity index (χ1v) is 10.4. The molecule has 0 radical (unpaired) electrons. The minimum Gasteiger partial charge on any atom is -0.301 e. The average Bonchev–Trinajstić information content (AvgIpc) is 3.52. The molecule has 154 valence electrons. The van der Waals surface area contributed by atoms with E-state index in [1.165, 1.54) is 24.0 Å². The Morgan fingerprint density at radius 3 is 2.93 bits per heavy atom. The van der Waals surface area contributed by atoms with Crippen LogP contribution in [0.5, 0.6) is 0 Å². The Balaban J connectivity index is 1.57. The molecule has 9 heteroatoms. The van der Waals surface area contributed by atoms with Crippen LogP contribution in [0.25, 0.3) is 11.2 Å². The second kappa shape index (κ2) is 7.37. The third kappa shape index (κ3) is 2.95. The van der Waals surface area contributed by atoms with E-state index in [1.807, 2.05) is 13.0 Å². The Kier molecular flexibility index (Phi) is 4.67. The van der Waals surface area contributed by atoms with Crippen molar-refractivity contribution in [1.29, 1.82) is 0 Å². The van der Waals surface area contributed by atoms with E-state index in [4.69, 9.17) is 17.4 Å². The number of aromatic nitrogens is 5. The molecule has 1 aliphatic rings. The third-order valence-corrected chi connectivity index (χ3v) is 6.38. The summed E-state index contributed by atoms with van der Waals surface area (Å²) in [6.07, 6.45) is 13.0. The molecule has 0 saturated heterocycles. The summed E-state index contributed by atoms with van der Waals surface area (Å²) >= 11 is 6.56. The second-order valence-corrected chi connectivity index (χ2v) is 8.20. The third-order valence-electron chi connectivity index (χ3n) is 6.07. The minimum absolute atomic E-state index is 0.338. The Labute approximate surface area is 178 Å². The zero-order valence-electron chi connectivity index (χ0n) is 16.6. The highest BCUT2D eigenvalue weighted by Crippen LogP contribution is 2.40. The molecule has 0 aromatic carbocycles. The number of nitrogens with zero attached hydrogens (tertiary/aromatic N) is 6. The maximum Gasteiger partial charge on any atom is 0.273 e. The molecule has 1 unspecified atom stereocenters. The van der Waals surface area contributed by atoms with E-state index in [2.05, 4.69) is 19.5 Å². The molecule has 4 aromatic heterocycles. The lowest BCUT2D eigenvalue weighted by Gasteiger charge is -2.28. The van der Waals surface area contributed by atoms with Crippen molar-refractivity contribution < 1.29 is 4.79 Å². The lowest BCUT2D eigenvalue weighted by atomic mass is 9.94. The standard InChI is InChI=1S/C21H22ClN7O/c1-13(29(23)21(30)16-10-26-28-8-4-7-25-20(16)28)15-9-17(22)18-11-24-12-27(18)19(15)14-5-2-3-6-14/h4,7-14H,2-3,5-6,23H2,1H3. The molecule has 1 saturated carbocycles. The van der Waals surface area contributed by atoms with Crippen molar-refractivity contribution in [3.8, 4) is 0 Å². The summed E-state index contributed by atoms with van der Waals surface area (Å²) in [5, 5.41) is 6.04. The van der Waals surface area contributed by atoms with Crippen LogP contribution in [0.3, 0.4) is 0 Å². The van der Waals surface area contributed by atoms with Gasteiger partial charge in [0.25, 0.3) is 5.91 Å². The van der Waals surface area contributed by atoms with E-state index in [1.54, 1.807) is 35.5 Å². The number of hydrazine groups is 1. The highest BCUT2D eigenvalue weighted by atomic mass is 35.5. The van der Waals surface area contributed by atoms with Gasteiger partial charge in [-0.15, -0.1) is 0 Å². The Bertz CT molecular complexity index is 1240. The van der Waals surface area contributed by atoms with Gasteiger partial charge in [-0.3, -0.25) is 9.80 Å². The maximum atomic E-state index is 13.2. The minimum atomic E-state index is -0.393. The van der Waals surface area contributed by atoms with Gasteiger partial charge in [-0.05, 0) is 43.4 Å². The average molecular weight is 424 g/mol. The molecule has 1 aliphatic carbocycles. The number of hydrogen-bond donors (Lipinski definition) is 1. The normalized spacial score (nSPS) is 15.8. The predicted molar refractivity (Wildman–Crippen MR) is 113 cm³/mol. The van der Waals surface area contributed by atoms with E-state index in [-0.39, 0.29) is 5.91 Å². The summed E-state index contributed by atoms with van der Waals surface area (Å²) in [5.74, 6) is 6.41. The van der Waals surface area contributed by atoms with Crippen molar-refractivity contribution in [1.82, 2.24) is 29.0 Å². The molecule has 0 spiro atoms. The lowest BCUT2D eigenvalue weighted by molar-refractivity contribution is 0.0691. The Morgan fingerprint density at radius 2 is 2.13 bits per heavy atom. The molecule has 1 fully saturated rings. The number of carbonyl (C=O) groups excluding carboxylic acids is 1. The molecular weight excluding hydrogens is 402 g/mol. The quantitative estimate of drug-likeness (QED) is 0.306. The molecule has 0 aliphatic heterocycles. The summed E-state index contributed by atoms with van der Waals surface area (Å²) in [6, 6.07) is 3.29. The van der Waals surface area contributed by atoms with E-state index in [0.717, 1.165) is 29.6 Å². The number of halogens is 1. The second-order valence-electron chi connectivity index (χ2n) is 7.80. The molecule has 1 atom stereocenters. The Hall–Kier alpha value is -2.97. The van der Waals surface area contributed by atoms with Crippen molar-refractivity contribution in [3.05, 3.63) is 65.1 Å². The van der Waals surface area contributed by atoms with Gasteiger partial charge in [-0.2, -0.15) is 5.10 Å². The fraction of sp³-hybridized carbons (Fsp3) is 0.333. The summed E-state index contributed by atoms with van der Waals surface area (Å²) in [7, 11) is 0. The van der Waals surface area contributed by atoms with E-state index < -0.39 is 6.04 Å². The smallest absolute Gasteiger partial charge is 0.273 e. The van der Waals surface area contributed by atoms with Crippen LogP contribution in [0.1, 0.15) is 66.2 Å². The fourth-order valence-electron chi connectivity index (χ4n) is 4.50. The molecule has 1 amide bonds. The SMILES string of the molecule is CC(c1cc(Cl)c2cncn2c1C1CCCC1)N(N)C(=O)c1cnn2cccnc12. The van der Waals surface area contributed by atoms with Crippen LogP contribution in [-0.2, 0) is 0 Å². The van der Waals surface area contributed by atoms with Gasteiger partial charge in [0.15, 0.2) is 5.65 Å². The number of pyridine rings is 1. The van der Waals surface area contributed by atoms with Crippen molar-refractivity contribution in [2.24, 2.45) is 5.84 Å². The van der Waals surface area contributed by atoms with Crippen LogP contribution < -0.4 is 5.84 Å². The van der Waals surface area contributed by atoms with Crippen LogP contribution >= 0.6 is 11.6 Å². The highest BCUT2D eigenvalue weighted by molar-refractivity contribution is 6.33. The van der Waals surface area contributed by atoms with Crippen molar-refractivity contribution in [2.45, 2.75) is 44.6 Å². The van der Waals surface area contributed by atoms with Gasteiger partial charge < -0.3 is 4.40 Å². The molecule has 8 nitrogen and oxygen atoms in total. The molecule has 0 bridgehead atoms. The van der Waals surface area contributed by atoms with Crippen LogP contribution in [-0.4, -0.2) is 34.9 Å². The van der Waals surface area contributed by atoms with Gasteiger partial charge in [0.05, 0.1) is 35.3 Å². The van der Waals surface area contributed by atoms with Crippen molar-refractivity contribution in [2.75, 3.05) is 0 Å². The first-order valence-electron chi connectivity index (χ1n) is 10.1. The zero-order chi connectivity index (χ0) is 20.8. The molecule has 4 aromatic rings. The molecule has 2 N–H and O–H groups in total. The summed E-state index contributed by atoms with van der Waals surface area (Å²) < 4.78 is 3.61. The number of fused-ring (bicyclic) bond motifs is 2. The molecule has 30 heavy (non-hydrogen) atoms. The fourth-order valence-corrected chi connectivity index (χ4v) is 4.75. The summed E-state index contributed by atoms with van der Waals surface area (Å²) in [5.41, 5.74) is 3.79. The van der Waals surface area contributed by atoms with Crippen molar-refractivity contribution >= 4 is 28.7 Å². The van der Waals surface area contributed by atoms with Crippen molar-refractivity contribution in [3.63, 3.8) is 0 Å². The van der Waals surface area contributed by atoms with Crippen LogP contribution in [0.2, 0.25) is 5.02 Å². The number of rotatable bonds is 4. The lowest BCUT2D eigenvalue weighted by Crippen LogP contribution is -2.40. The first kappa shape index (κ1) is 19.0. The van der Waals surface area contributed by atoms with Gasteiger partial charge in [0.2, 0.25) is 0 Å². The van der Waals surface area contributed by atoms with E-state index in [9.17, 15) is 4.79 Å². The van der Waals surface area contributed by atoms with Gasteiger partial charge >= 0.3 is 0 Å². The van der Waals surface area contributed by atoms with Gasteiger partial charge in [-0.1, -0.05) is 24.4 Å². The number of hydrogen-bond acceptors (Lipinski definition) is 5. The first-order chi connectivity index (χ1) is 14.6. The molecule has 4 heterocycles. The number of nitrogens with two attached hydrogens (primary N) is 1. The Morgan fingerprint density at radius 1 is 1.33 bits per heavy atom. The topological polar surface area (TPSA) is 93.8 Å². The van der Waals surface area contributed by atoms with E-state index >= 15 is 0 Å². The van der Waals surface area contributed by atoms with E-state index in [0.29, 0.717) is 22.2 Å². The highest BCUT2D eigenvalue weighted by Gasteiger charge is 2.30.